The van der Waals surface area contributed by atoms with E-state index >= 15 is 0 Å². The lowest BCUT2D eigenvalue weighted by Gasteiger charge is -2.15. The van der Waals surface area contributed by atoms with Crippen LogP contribution in [0.3, 0.4) is 0 Å². The quantitative estimate of drug-likeness (QED) is 0.337. The van der Waals surface area contributed by atoms with Crippen molar-refractivity contribution < 1.29 is 0 Å². The van der Waals surface area contributed by atoms with Gasteiger partial charge in [-0.3, -0.25) is 0 Å². The van der Waals surface area contributed by atoms with Crippen LogP contribution in [0.1, 0.15) is 0 Å². The van der Waals surface area contributed by atoms with E-state index in [1.54, 1.807) is 0 Å². The van der Waals surface area contributed by atoms with Gasteiger partial charge in [-0.2, -0.15) is 0 Å². The zero-order valence-corrected chi connectivity index (χ0v) is 15.4. The molecule has 0 aromatic heterocycles. The van der Waals surface area contributed by atoms with Gasteiger partial charge in [-0.1, -0.05) is 67.7 Å². The first-order chi connectivity index (χ1) is 11.3. The van der Waals surface area contributed by atoms with Gasteiger partial charge in [0.25, 0.3) is 0 Å². The van der Waals surface area contributed by atoms with Gasteiger partial charge in [-0.25, -0.2) is 0 Å². The Kier molecular flexibility index (Phi) is 3.77. The second kappa shape index (κ2) is 5.92. The summed E-state index contributed by atoms with van der Waals surface area (Å²) < 4.78 is 3.69. The van der Waals surface area contributed by atoms with Crippen molar-refractivity contribution in [2.45, 2.75) is 13.1 Å². The van der Waals surface area contributed by atoms with Gasteiger partial charge in [0.05, 0.1) is 0 Å². The molecule has 0 aliphatic rings. The number of benzene rings is 4. The van der Waals surface area contributed by atoms with Crippen LogP contribution in [-0.2, 0) is 0 Å². The molecule has 0 aliphatic carbocycles. The summed E-state index contributed by atoms with van der Waals surface area (Å²) >= 11 is 0. The Labute approximate surface area is 140 Å². The smallest absolute Gasteiger partial charge is 0.159 e. The molecule has 3 heteroatoms. The van der Waals surface area contributed by atoms with Crippen molar-refractivity contribution in [2.75, 3.05) is 0 Å². The van der Waals surface area contributed by atoms with Crippen LogP contribution in [0.15, 0.2) is 66.7 Å². The topological polar surface area (TPSA) is 12.0 Å². The van der Waals surface area contributed by atoms with E-state index in [9.17, 15) is 0 Å². The minimum absolute atomic E-state index is 0.724. The predicted molar refractivity (Wildman–Crippen MR) is 105 cm³/mol. The summed E-state index contributed by atoms with van der Waals surface area (Å²) in [7, 11) is 0.0676. The molecule has 0 saturated heterocycles. The lowest BCUT2D eigenvalue weighted by atomic mass is 9.98. The summed E-state index contributed by atoms with van der Waals surface area (Å²) in [5.41, 5.74) is 0. The fourth-order valence-corrected chi connectivity index (χ4v) is 6.41. The Hall–Kier alpha value is -1.95. The molecule has 4 rings (SSSR count). The zero-order valence-electron chi connectivity index (χ0n) is 13.4. The number of fused-ring (bicyclic) bond motifs is 4. The fraction of sp³-hybridized carbons (Fsp3) is 0.100. The zero-order chi connectivity index (χ0) is 15.8. The molecule has 4 aromatic rings. The summed E-state index contributed by atoms with van der Waals surface area (Å²) in [5.74, 6) is 0. The van der Waals surface area contributed by atoms with Gasteiger partial charge in [0.2, 0.25) is 0 Å². The Bertz CT molecular complexity index is 1010. The summed E-state index contributed by atoms with van der Waals surface area (Å²) in [6.07, 6.45) is 0. The molecule has 3 radical (unpaired) electrons. The van der Waals surface area contributed by atoms with E-state index < -0.39 is 8.96 Å². The molecule has 0 aliphatic heterocycles. The standard InChI is InChI=1S/C20H18NSi2/c1-22-21-23(2)19-9-5-8-14-10-11-17-12-15-6-3-4-7-16(15)13-18(17)20(14)19/h3-13,21H,1-2H3. The van der Waals surface area contributed by atoms with Gasteiger partial charge in [-0.05, 0) is 49.6 Å². The minimum atomic E-state index is -0.724. The monoisotopic (exact) mass is 328 g/mol. The van der Waals surface area contributed by atoms with Crippen molar-refractivity contribution in [2.24, 2.45) is 0 Å². The number of nitrogens with one attached hydrogen (secondary N) is 1. The molecule has 0 bridgehead atoms. The van der Waals surface area contributed by atoms with Crippen LogP contribution in [0.5, 0.6) is 0 Å². The highest BCUT2D eigenvalue weighted by atomic mass is 28.3. The molecule has 4 aromatic carbocycles. The van der Waals surface area contributed by atoms with Crippen molar-refractivity contribution in [1.82, 2.24) is 4.65 Å². The van der Waals surface area contributed by atoms with Gasteiger partial charge in [0.15, 0.2) is 8.96 Å². The lowest BCUT2D eigenvalue weighted by Crippen LogP contribution is -2.43. The summed E-state index contributed by atoms with van der Waals surface area (Å²) in [4.78, 5) is 0. The largest absolute Gasteiger partial charge is 0.359 e. The Morgan fingerprint density at radius 3 is 2.26 bits per heavy atom. The van der Waals surface area contributed by atoms with Crippen LogP contribution in [0.2, 0.25) is 13.1 Å². The van der Waals surface area contributed by atoms with E-state index in [4.69, 9.17) is 0 Å². The fourth-order valence-electron chi connectivity index (χ4n) is 3.37. The highest BCUT2D eigenvalue weighted by Crippen LogP contribution is 2.28. The minimum Gasteiger partial charge on any atom is -0.359 e. The van der Waals surface area contributed by atoms with E-state index in [0.717, 1.165) is 9.68 Å². The molecule has 0 saturated carbocycles. The highest BCUT2D eigenvalue weighted by molar-refractivity contribution is 6.77. The first-order valence-electron chi connectivity index (χ1n) is 7.89. The predicted octanol–water partition coefficient (Wildman–Crippen LogP) is 4.23. The molecule has 1 nitrogen and oxygen atoms in total. The molecular formula is C20H18NSi2. The average molecular weight is 329 g/mol. The van der Waals surface area contributed by atoms with E-state index in [0.29, 0.717) is 0 Å². The van der Waals surface area contributed by atoms with Crippen LogP contribution in [-0.4, -0.2) is 18.6 Å². The number of rotatable bonds is 3. The summed E-state index contributed by atoms with van der Waals surface area (Å²) in [6.45, 7) is 4.57. The normalized spacial score (nSPS) is 11.8. The molecule has 1 N–H and O–H groups in total. The van der Waals surface area contributed by atoms with Crippen molar-refractivity contribution in [1.29, 1.82) is 0 Å². The molecule has 111 valence electrons. The van der Waals surface area contributed by atoms with E-state index in [1.807, 2.05) is 0 Å². The van der Waals surface area contributed by atoms with Crippen LogP contribution < -0.4 is 9.83 Å². The number of hydrogen-bond donors (Lipinski definition) is 1. The number of hydrogen-bond acceptors (Lipinski definition) is 1. The van der Waals surface area contributed by atoms with E-state index in [1.165, 1.54) is 37.5 Å². The third-order valence-corrected chi connectivity index (χ3v) is 8.17. The van der Waals surface area contributed by atoms with Crippen LogP contribution in [0.25, 0.3) is 32.3 Å². The van der Waals surface area contributed by atoms with E-state index in [2.05, 4.69) is 84.5 Å². The van der Waals surface area contributed by atoms with Crippen molar-refractivity contribution in [3.63, 3.8) is 0 Å². The van der Waals surface area contributed by atoms with Crippen LogP contribution >= 0.6 is 0 Å². The van der Waals surface area contributed by atoms with Crippen molar-refractivity contribution in [3.8, 4) is 0 Å². The molecule has 0 heterocycles. The Morgan fingerprint density at radius 1 is 0.783 bits per heavy atom. The van der Waals surface area contributed by atoms with Crippen LogP contribution in [0, 0.1) is 0 Å². The second-order valence-corrected chi connectivity index (χ2v) is 9.18. The molecule has 0 amide bonds. The molecule has 0 fully saturated rings. The Balaban J connectivity index is 2.11. The van der Waals surface area contributed by atoms with Gasteiger partial charge in [0, 0.05) is 0 Å². The van der Waals surface area contributed by atoms with Gasteiger partial charge < -0.3 is 4.65 Å². The Morgan fingerprint density at radius 2 is 1.48 bits per heavy atom. The van der Waals surface area contributed by atoms with Crippen molar-refractivity contribution >= 4 is 56.1 Å². The molecule has 0 spiro atoms. The first-order valence-corrected chi connectivity index (χ1v) is 11.4. The van der Waals surface area contributed by atoms with Crippen molar-refractivity contribution in [3.05, 3.63) is 66.7 Å². The highest BCUT2D eigenvalue weighted by Gasteiger charge is 2.13. The third kappa shape index (κ3) is 2.51. The summed E-state index contributed by atoms with van der Waals surface area (Å²) in [6, 6.07) is 24.6. The lowest BCUT2D eigenvalue weighted by molar-refractivity contribution is 1.52. The molecule has 0 atom stereocenters. The average Bonchev–Trinajstić information content (AvgIpc) is 2.59. The van der Waals surface area contributed by atoms with Crippen LogP contribution in [0.4, 0.5) is 0 Å². The summed E-state index contributed by atoms with van der Waals surface area (Å²) in [5, 5.41) is 9.60. The first kappa shape index (κ1) is 14.6. The van der Waals surface area contributed by atoms with E-state index in [-0.39, 0.29) is 0 Å². The van der Waals surface area contributed by atoms with Gasteiger partial charge >= 0.3 is 0 Å². The maximum absolute atomic E-state index is 3.69. The molecule has 0 unspecified atom stereocenters. The SMILES string of the molecule is C[Si]N[Si](C)c1cccc2ccc3cc4ccccc4cc3c12. The maximum atomic E-state index is 3.69. The molecular weight excluding hydrogens is 310 g/mol. The van der Waals surface area contributed by atoms with Gasteiger partial charge in [0.1, 0.15) is 9.68 Å². The second-order valence-electron chi connectivity index (χ2n) is 5.89. The maximum Gasteiger partial charge on any atom is 0.159 e. The third-order valence-electron chi connectivity index (χ3n) is 4.44. The van der Waals surface area contributed by atoms with Gasteiger partial charge in [-0.15, -0.1) is 0 Å². The molecule has 23 heavy (non-hydrogen) atoms.